The fraction of sp³-hybridized carbons (Fsp3) is 0.538. The van der Waals surface area contributed by atoms with Crippen LogP contribution in [-0.2, 0) is 10.0 Å². The minimum atomic E-state index is -3.86. The lowest BCUT2D eigenvalue weighted by atomic mass is 10.2. The van der Waals surface area contributed by atoms with Crippen LogP contribution in [0, 0.1) is 10.1 Å². The summed E-state index contributed by atoms with van der Waals surface area (Å²) in [5, 5.41) is 14.1. The van der Waals surface area contributed by atoms with E-state index in [1.54, 1.807) is 0 Å². The van der Waals surface area contributed by atoms with Gasteiger partial charge < -0.3 is 10.1 Å². The van der Waals surface area contributed by atoms with E-state index in [2.05, 4.69) is 10.0 Å². The molecule has 1 saturated heterocycles. The molecule has 23 heavy (non-hydrogen) atoms. The molecule has 2 rings (SSSR count). The summed E-state index contributed by atoms with van der Waals surface area (Å²) in [4.78, 5) is 9.95. The number of ether oxygens (including phenoxy) is 1. The van der Waals surface area contributed by atoms with Crippen molar-refractivity contribution in [3.63, 3.8) is 0 Å². The van der Waals surface area contributed by atoms with Crippen LogP contribution in [-0.4, -0.2) is 39.6 Å². The number of rotatable bonds is 7. The number of methoxy groups -OCH3 is 1. The van der Waals surface area contributed by atoms with Gasteiger partial charge >= 0.3 is 0 Å². The second-order valence-electron chi connectivity index (χ2n) is 5.07. The van der Waals surface area contributed by atoms with Gasteiger partial charge in [-0.1, -0.05) is 0 Å². The topological polar surface area (TPSA) is 111 Å². The molecular weight excluding hydrogens is 346 g/mol. The Morgan fingerprint density at radius 3 is 2.78 bits per heavy atom. The highest BCUT2D eigenvalue weighted by Crippen LogP contribution is 2.28. The third kappa shape index (κ3) is 5.03. The molecule has 1 aliphatic rings. The van der Waals surface area contributed by atoms with Gasteiger partial charge in [0.2, 0.25) is 10.0 Å². The van der Waals surface area contributed by atoms with Gasteiger partial charge in [-0.2, -0.15) is 0 Å². The molecule has 0 aromatic heterocycles. The molecule has 1 atom stereocenters. The van der Waals surface area contributed by atoms with E-state index in [9.17, 15) is 18.5 Å². The zero-order valence-electron chi connectivity index (χ0n) is 12.6. The lowest BCUT2D eigenvalue weighted by Gasteiger charge is -2.13. The smallest absolute Gasteiger partial charge is 0.271 e. The fourth-order valence-corrected chi connectivity index (χ4v) is 3.67. The first kappa shape index (κ1) is 19.6. The minimum absolute atomic E-state index is 0. The van der Waals surface area contributed by atoms with E-state index in [-0.39, 0.29) is 35.3 Å². The maximum atomic E-state index is 12.3. The van der Waals surface area contributed by atoms with Crippen LogP contribution in [0.25, 0.3) is 0 Å². The van der Waals surface area contributed by atoms with Gasteiger partial charge in [-0.15, -0.1) is 12.4 Å². The van der Waals surface area contributed by atoms with Crippen LogP contribution in [0.2, 0.25) is 0 Å². The first-order chi connectivity index (χ1) is 10.4. The molecule has 1 aliphatic heterocycles. The van der Waals surface area contributed by atoms with E-state index in [4.69, 9.17) is 4.74 Å². The maximum absolute atomic E-state index is 12.3. The van der Waals surface area contributed by atoms with Crippen LogP contribution in [0.3, 0.4) is 0 Å². The number of nitro groups is 1. The van der Waals surface area contributed by atoms with Crippen molar-refractivity contribution < 1.29 is 18.1 Å². The average molecular weight is 366 g/mol. The maximum Gasteiger partial charge on any atom is 0.271 e. The van der Waals surface area contributed by atoms with Crippen molar-refractivity contribution in [2.75, 3.05) is 20.2 Å². The van der Waals surface area contributed by atoms with Crippen molar-refractivity contribution in [2.24, 2.45) is 0 Å². The Labute approximate surface area is 141 Å². The Balaban J connectivity index is 0.00000264. The number of nitro benzene ring substituents is 1. The van der Waals surface area contributed by atoms with E-state index >= 15 is 0 Å². The number of halogens is 1. The van der Waals surface area contributed by atoms with Gasteiger partial charge in [0.25, 0.3) is 5.69 Å². The largest absolute Gasteiger partial charge is 0.495 e. The van der Waals surface area contributed by atoms with Crippen LogP contribution in [0.15, 0.2) is 23.1 Å². The molecular formula is C13H20ClN3O5S. The van der Waals surface area contributed by atoms with E-state index in [0.29, 0.717) is 12.5 Å². The van der Waals surface area contributed by atoms with Crippen molar-refractivity contribution >= 4 is 28.1 Å². The van der Waals surface area contributed by atoms with Crippen molar-refractivity contribution in [1.29, 1.82) is 0 Å². The molecule has 0 aliphatic carbocycles. The summed E-state index contributed by atoms with van der Waals surface area (Å²) in [5.74, 6) is 0.0806. The monoisotopic (exact) mass is 365 g/mol. The fourth-order valence-electron chi connectivity index (χ4n) is 2.44. The van der Waals surface area contributed by atoms with Crippen molar-refractivity contribution in [2.45, 2.75) is 30.2 Å². The normalized spacial score (nSPS) is 17.5. The van der Waals surface area contributed by atoms with E-state index in [1.807, 2.05) is 0 Å². The number of sulfonamides is 1. The second-order valence-corrected chi connectivity index (χ2v) is 6.81. The minimum Gasteiger partial charge on any atom is -0.495 e. The molecule has 8 nitrogen and oxygen atoms in total. The molecule has 0 spiro atoms. The van der Waals surface area contributed by atoms with Crippen LogP contribution < -0.4 is 14.8 Å². The zero-order valence-corrected chi connectivity index (χ0v) is 14.3. The summed E-state index contributed by atoms with van der Waals surface area (Å²) in [6, 6.07) is 3.82. The first-order valence-electron chi connectivity index (χ1n) is 6.99. The Hall–Kier alpha value is -1.42. The summed E-state index contributed by atoms with van der Waals surface area (Å²) in [7, 11) is -2.54. The summed E-state index contributed by atoms with van der Waals surface area (Å²) in [6.45, 7) is 1.22. The van der Waals surface area contributed by atoms with E-state index < -0.39 is 14.9 Å². The van der Waals surface area contributed by atoms with Crippen molar-refractivity contribution in [3.05, 3.63) is 28.3 Å². The van der Waals surface area contributed by atoms with Crippen LogP contribution in [0.1, 0.15) is 19.3 Å². The quantitative estimate of drug-likeness (QED) is 0.558. The van der Waals surface area contributed by atoms with Crippen molar-refractivity contribution in [1.82, 2.24) is 10.0 Å². The average Bonchev–Trinajstić information content (AvgIpc) is 2.99. The third-order valence-corrected chi connectivity index (χ3v) is 5.08. The number of benzene rings is 1. The Kier molecular flexibility index (Phi) is 7.20. The van der Waals surface area contributed by atoms with Crippen LogP contribution in [0.5, 0.6) is 5.75 Å². The van der Waals surface area contributed by atoms with Gasteiger partial charge in [-0.05, 0) is 31.9 Å². The molecule has 0 radical (unpaired) electrons. The highest BCUT2D eigenvalue weighted by Gasteiger charge is 2.23. The number of hydrogen-bond acceptors (Lipinski definition) is 6. The predicted molar refractivity (Wildman–Crippen MR) is 87.7 cm³/mol. The molecule has 2 N–H and O–H groups in total. The third-order valence-electron chi connectivity index (χ3n) is 3.59. The van der Waals surface area contributed by atoms with Crippen molar-refractivity contribution in [3.8, 4) is 5.75 Å². The van der Waals surface area contributed by atoms with Gasteiger partial charge in [0.15, 0.2) is 0 Å². The standard InChI is InChI=1S/C13H19N3O5S.ClH/c1-21-12-5-4-11(16(17)18)9-13(12)22(19,20)15-8-6-10-3-2-7-14-10;/h4-5,9-10,14-15H,2-3,6-8H2,1H3;1H/t10-;/m1./s1. The Morgan fingerprint density at radius 1 is 1.48 bits per heavy atom. The lowest BCUT2D eigenvalue weighted by Crippen LogP contribution is -2.30. The molecule has 0 bridgehead atoms. The molecule has 1 heterocycles. The van der Waals surface area contributed by atoms with Crippen LogP contribution in [0.4, 0.5) is 5.69 Å². The molecule has 1 aromatic rings. The molecule has 1 aromatic carbocycles. The summed E-state index contributed by atoms with van der Waals surface area (Å²) in [6.07, 6.45) is 2.80. The number of hydrogen-bond donors (Lipinski definition) is 2. The summed E-state index contributed by atoms with van der Waals surface area (Å²) in [5.41, 5.74) is -0.293. The summed E-state index contributed by atoms with van der Waals surface area (Å²) < 4.78 is 32.1. The molecule has 130 valence electrons. The van der Waals surface area contributed by atoms with E-state index in [0.717, 1.165) is 25.5 Å². The van der Waals surface area contributed by atoms with Gasteiger partial charge in [-0.25, -0.2) is 13.1 Å². The molecule has 1 fully saturated rings. The Morgan fingerprint density at radius 2 is 2.22 bits per heavy atom. The summed E-state index contributed by atoms with van der Waals surface area (Å²) >= 11 is 0. The van der Waals surface area contributed by atoms with Gasteiger partial charge in [0.1, 0.15) is 10.6 Å². The molecule has 0 amide bonds. The molecule has 0 saturated carbocycles. The van der Waals surface area contributed by atoms with Crippen LogP contribution >= 0.6 is 12.4 Å². The highest BCUT2D eigenvalue weighted by molar-refractivity contribution is 7.89. The lowest BCUT2D eigenvalue weighted by molar-refractivity contribution is -0.385. The number of nitrogens with one attached hydrogen (secondary N) is 2. The zero-order chi connectivity index (χ0) is 16.2. The highest BCUT2D eigenvalue weighted by atomic mass is 35.5. The van der Waals surface area contributed by atoms with E-state index in [1.165, 1.54) is 19.2 Å². The SMILES string of the molecule is COc1ccc([N+](=O)[O-])cc1S(=O)(=O)NCC[C@H]1CCCN1.Cl. The first-order valence-corrected chi connectivity index (χ1v) is 8.48. The Bertz CT molecular complexity index is 647. The number of non-ortho nitro benzene ring substituents is 1. The van der Waals surface area contributed by atoms with Gasteiger partial charge in [0, 0.05) is 24.7 Å². The van der Waals surface area contributed by atoms with Gasteiger partial charge in [-0.3, -0.25) is 10.1 Å². The molecule has 10 heteroatoms. The predicted octanol–water partition coefficient (Wildman–Crippen LogP) is 1.45. The molecule has 0 unspecified atom stereocenters. The van der Waals surface area contributed by atoms with Gasteiger partial charge in [0.05, 0.1) is 12.0 Å². The second kappa shape index (κ2) is 8.44. The number of nitrogens with zero attached hydrogens (tertiary/aromatic N) is 1.